The van der Waals surface area contributed by atoms with Gasteiger partial charge in [-0.3, -0.25) is 4.79 Å². The summed E-state index contributed by atoms with van der Waals surface area (Å²) in [5.74, 6) is 0.395. The predicted molar refractivity (Wildman–Crippen MR) is 77.4 cm³/mol. The van der Waals surface area contributed by atoms with E-state index < -0.39 is 0 Å². The Hall–Kier alpha value is -1.36. The second kappa shape index (κ2) is 6.19. The highest BCUT2D eigenvalue weighted by molar-refractivity contribution is 5.43. The maximum absolute atomic E-state index is 12.1. The number of nitrogens with zero attached hydrogens (tertiary/aromatic N) is 3. The van der Waals surface area contributed by atoms with Gasteiger partial charge in [0.1, 0.15) is 0 Å². The molecule has 2 heterocycles. The Morgan fingerprint density at radius 1 is 1.42 bits per heavy atom. The second-order valence-electron chi connectivity index (χ2n) is 5.48. The van der Waals surface area contributed by atoms with Crippen molar-refractivity contribution in [1.82, 2.24) is 9.78 Å². The van der Waals surface area contributed by atoms with E-state index in [1.54, 1.807) is 12.3 Å². The lowest BCUT2D eigenvalue weighted by Gasteiger charge is -2.20. The fourth-order valence-corrected chi connectivity index (χ4v) is 2.39. The molecular formula is C14H24N4O. The summed E-state index contributed by atoms with van der Waals surface area (Å²) in [6, 6.07) is 1.66. The third-order valence-electron chi connectivity index (χ3n) is 4.08. The molecule has 2 atom stereocenters. The molecule has 0 aliphatic carbocycles. The monoisotopic (exact) mass is 264 g/mol. The summed E-state index contributed by atoms with van der Waals surface area (Å²) >= 11 is 0. The van der Waals surface area contributed by atoms with Crippen molar-refractivity contribution in [1.29, 1.82) is 0 Å². The summed E-state index contributed by atoms with van der Waals surface area (Å²) in [4.78, 5) is 14.3. The SMILES string of the molecule is CCC(C)C(N)Cn1ncc(N2CCCC2)cc1=O. The molecule has 19 heavy (non-hydrogen) atoms. The summed E-state index contributed by atoms with van der Waals surface area (Å²) in [5.41, 5.74) is 6.97. The fourth-order valence-electron chi connectivity index (χ4n) is 2.39. The van der Waals surface area contributed by atoms with Gasteiger partial charge < -0.3 is 10.6 Å². The minimum atomic E-state index is -0.0526. The molecule has 5 heteroatoms. The van der Waals surface area contributed by atoms with Crippen LogP contribution in [0.3, 0.4) is 0 Å². The van der Waals surface area contributed by atoms with Gasteiger partial charge in [0, 0.05) is 25.2 Å². The molecule has 2 N–H and O–H groups in total. The van der Waals surface area contributed by atoms with Gasteiger partial charge in [0.25, 0.3) is 5.56 Å². The normalized spacial score (nSPS) is 18.6. The first-order chi connectivity index (χ1) is 9.11. The molecule has 0 spiro atoms. The van der Waals surface area contributed by atoms with Gasteiger partial charge in [0.2, 0.25) is 0 Å². The van der Waals surface area contributed by atoms with Crippen molar-refractivity contribution in [3.63, 3.8) is 0 Å². The van der Waals surface area contributed by atoms with Crippen molar-refractivity contribution < 1.29 is 0 Å². The molecule has 1 aromatic heterocycles. The molecule has 1 saturated heterocycles. The summed E-state index contributed by atoms with van der Waals surface area (Å²) in [7, 11) is 0. The summed E-state index contributed by atoms with van der Waals surface area (Å²) in [5, 5.41) is 4.26. The van der Waals surface area contributed by atoms with Crippen LogP contribution in [-0.2, 0) is 6.54 Å². The van der Waals surface area contributed by atoms with E-state index in [9.17, 15) is 4.79 Å². The quantitative estimate of drug-likeness (QED) is 0.868. The molecule has 1 fully saturated rings. The van der Waals surface area contributed by atoms with E-state index in [4.69, 9.17) is 5.73 Å². The van der Waals surface area contributed by atoms with Crippen molar-refractivity contribution in [2.45, 2.75) is 45.7 Å². The first-order valence-corrected chi connectivity index (χ1v) is 7.19. The highest BCUT2D eigenvalue weighted by atomic mass is 16.1. The number of aromatic nitrogens is 2. The molecule has 5 nitrogen and oxygen atoms in total. The van der Waals surface area contributed by atoms with Crippen LogP contribution in [-0.4, -0.2) is 28.9 Å². The fraction of sp³-hybridized carbons (Fsp3) is 0.714. The molecule has 1 aromatic rings. The van der Waals surface area contributed by atoms with Gasteiger partial charge in [-0.25, -0.2) is 4.68 Å². The number of nitrogens with two attached hydrogens (primary N) is 1. The maximum atomic E-state index is 12.1. The third kappa shape index (κ3) is 3.35. The Morgan fingerprint density at radius 2 is 2.11 bits per heavy atom. The van der Waals surface area contributed by atoms with Crippen LogP contribution in [0.1, 0.15) is 33.1 Å². The lowest BCUT2D eigenvalue weighted by Crippen LogP contribution is -2.37. The first kappa shape index (κ1) is 14.1. The Kier molecular flexibility index (Phi) is 4.58. The highest BCUT2D eigenvalue weighted by Crippen LogP contribution is 2.16. The molecule has 2 unspecified atom stereocenters. The summed E-state index contributed by atoms with van der Waals surface area (Å²) in [6.07, 6.45) is 5.20. The van der Waals surface area contributed by atoms with E-state index in [1.165, 1.54) is 17.5 Å². The number of rotatable bonds is 5. The van der Waals surface area contributed by atoms with Gasteiger partial charge >= 0.3 is 0 Å². The standard InChI is InChI=1S/C14H24N4O/c1-3-11(2)13(15)10-18-14(19)8-12(9-16-18)17-6-4-5-7-17/h8-9,11,13H,3-7,10,15H2,1-2H3. The average Bonchev–Trinajstić information content (AvgIpc) is 2.94. The maximum Gasteiger partial charge on any atom is 0.268 e. The molecule has 2 rings (SSSR count). The van der Waals surface area contributed by atoms with Crippen molar-refractivity contribution >= 4 is 5.69 Å². The Labute approximate surface area is 114 Å². The molecular weight excluding hydrogens is 240 g/mol. The molecule has 1 aliphatic heterocycles. The lowest BCUT2D eigenvalue weighted by atomic mass is 10.0. The zero-order valence-corrected chi connectivity index (χ0v) is 11.9. The van der Waals surface area contributed by atoms with Crippen LogP contribution in [0.4, 0.5) is 5.69 Å². The van der Waals surface area contributed by atoms with Crippen LogP contribution in [0.15, 0.2) is 17.1 Å². The Balaban J connectivity index is 2.08. The smallest absolute Gasteiger partial charge is 0.268 e. The van der Waals surface area contributed by atoms with Crippen molar-refractivity contribution in [3.05, 3.63) is 22.6 Å². The van der Waals surface area contributed by atoms with Gasteiger partial charge in [0.15, 0.2) is 0 Å². The van der Waals surface area contributed by atoms with Gasteiger partial charge in [-0.2, -0.15) is 5.10 Å². The van der Waals surface area contributed by atoms with E-state index in [-0.39, 0.29) is 11.6 Å². The molecule has 0 bridgehead atoms. The Morgan fingerprint density at radius 3 is 2.68 bits per heavy atom. The van der Waals surface area contributed by atoms with E-state index in [0.717, 1.165) is 25.2 Å². The van der Waals surface area contributed by atoms with Crippen LogP contribution in [0.5, 0.6) is 0 Å². The predicted octanol–water partition coefficient (Wildman–Crippen LogP) is 1.22. The number of anilines is 1. The van der Waals surface area contributed by atoms with Crippen LogP contribution in [0.25, 0.3) is 0 Å². The molecule has 0 amide bonds. The van der Waals surface area contributed by atoms with Gasteiger partial charge in [-0.05, 0) is 18.8 Å². The van der Waals surface area contributed by atoms with Crippen molar-refractivity contribution in [2.75, 3.05) is 18.0 Å². The summed E-state index contributed by atoms with van der Waals surface area (Å²) < 4.78 is 1.48. The second-order valence-corrected chi connectivity index (χ2v) is 5.48. The highest BCUT2D eigenvalue weighted by Gasteiger charge is 2.16. The van der Waals surface area contributed by atoms with Crippen LogP contribution < -0.4 is 16.2 Å². The zero-order chi connectivity index (χ0) is 13.8. The van der Waals surface area contributed by atoms with E-state index >= 15 is 0 Å². The summed E-state index contributed by atoms with van der Waals surface area (Å²) in [6.45, 7) is 6.76. The van der Waals surface area contributed by atoms with Gasteiger partial charge in [0.05, 0.1) is 18.4 Å². The topological polar surface area (TPSA) is 64.2 Å². The average molecular weight is 264 g/mol. The first-order valence-electron chi connectivity index (χ1n) is 7.19. The van der Waals surface area contributed by atoms with E-state index in [0.29, 0.717) is 12.5 Å². The van der Waals surface area contributed by atoms with Crippen LogP contribution in [0.2, 0.25) is 0 Å². The molecule has 106 valence electrons. The zero-order valence-electron chi connectivity index (χ0n) is 11.9. The van der Waals surface area contributed by atoms with Gasteiger partial charge in [-0.15, -0.1) is 0 Å². The minimum Gasteiger partial charge on any atom is -0.370 e. The third-order valence-corrected chi connectivity index (χ3v) is 4.08. The van der Waals surface area contributed by atoms with E-state index in [2.05, 4.69) is 23.8 Å². The number of hydrogen-bond acceptors (Lipinski definition) is 4. The largest absolute Gasteiger partial charge is 0.370 e. The molecule has 0 radical (unpaired) electrons. The van der Waals surface area contributed by atoms with Crippen molar-refractivity contribution in [2.24, 2.45) is 11.7 Å². The molecule has 0 saturated carbocycles. The Bertz CT molecular complexity index is 465. The minimum absolute atomic E-state index is 0.0205. The molecule has 0 aromatic carbocycles. The number of hydrogen-bond donors (Lipinski definition) is 1. The van der Waals surface area contributed by atoms with Gasteiger partial charge in [-0.1, -0.05) is 20.3 Å². The van der Waals surface area contributed by atoms with E-state index in [1.807, 2.05) is 0 Å². The van der Waals surface area contributed by atoms with Crippen molar-refractivity contribution in [3.8, 4) is 0 Å². The lowest BCUT2D eigenvalue weighted by molar-refractivity contribution is 0.373. The van der Waals surface area contributed by atoms with Crippen LogP contribution in [0, 0.1) is 5.92 Å². The molecule has 1 aliphatic rings. The van der Waals surface area contributed by atoms with Crippen LogP contribution >= 0.6 is 0 Å².